The maximum Gasteiger partial charge on any atom is 0.323 e. The van der Waals surface area contributed by atoms with Crippen LogP contribution in [0.4, 0.5) is 10.2 Å². The molecule has 13 heteroatoms. The molecule has 4 aliphatic heterocycles. The summed E-state index contributed by atoms with van der Waals surface area (Å²) in [7, 11) is 7.56. The smallest absolute Gasteiger partial charge is 0.323 e. The Bertz CT molecular complexity index is 1750. The lowest BCUT2D eigenvalue weighted by molar-refractivity contribution is -0.161. The van der Waals surface area contributed by atoms with Crippen LogP contribution in [0.25, 0.3) is 21.9 Å². The number of hydrogen-bond donors (Lipinski definition) is 0. The molecule has 4 fully saturated rings. The molecule has 11 nitrogen and oxygen atoms in total. The van der Waals surface area contributed by atoms with Crippen molar-refractivity contribution in [2.75, 3.05) is 52.7 Å². The first-order valence-corrected chi connectivity index (χ1v) is 16.7. The zero-order chi connectivity index (χ0) is 33.2. The van der Waals surface area contributed by atoms with Gasteiger partial charge in [0.15, 0.2) is 11.6 Å². The minimum absolute atomic E-state index is 0.0179. The Morgan fingerprint density at radius 3 is 2.48 bits per heavy atom. The lowest BCUT2D eigenvalue weighted by Crippen LogP contribution is -2.57. The van der Waals surface area contributed by atoms with Gasteiger partial charge in [-0.15, -0.1) is 0 Å². The van der Waals surface area contributed by atoms with Crippen molar-refractivity contribution in [3.8, 4) is 6.07 Å². The minimum Gasteiger partial charge on any atom is -0.459 e. The predicted molar refractivity (Wildman–Crippen MR) is 177 cm³/mol. The Morgan fingerprint density at radius 1 is 1.13 bits per heavy atom. The second kappa shape index (κ2) is 12.0. The zero-order valence-electron chi connectivity index (χ0n) is 27.6. The monoisotopic (exact) mass is 696 g/mol. The Hall–Kier alpha value is -3.34. The third-order valence-corrected chi connectivity index (χ3v) is 10.3. The summed E-state index contributed by atoms with van der Waals surface area (Å²) in [5, 5.41) is 9.91. The normalized spacial score (nSPS) is 22.7. The van der Waals surface area contributed by atoms with E-state index in [9.17, 15) is 14.9 Å². The first-order chi connectivity index (χ1) is 21.7. The molecule has 6 heterocycles. The van der Waals surface area contributed by atoms with E-state index in [4.69, 9.17) is 14.7 Å². The van der Waals surface area contributed by atoms with Crippen LogP contribution >= 0.6 is 15.9 Å². The van der Waals surface area contributed by atoms with E-state index in [1.165, 1.54) is 0 Å². The van der Waals surface area contributed by atoms with E-state index in [1.54, 1.807) is 19.0 Å². The van der Waals surface area contributed by atoms with Gasteiger partial charge in [-0.2, -0.15) is 5.26 Å². The number of rotatable bonds is 9. The number of imidazole rings is 1. The molecule has 0 saturated carbocycles. The van der Waals surface area contributed by atoms with Gasteiger partial charge in [0.05, 0.1) is 22.2 Å². The molecule has 46 heavy (non-hydrogen) atoms. The fourth-order valence-electron chi connectivity index (χ4n) is 6.96. The number of carbonyl (C=O) groups excluding carboxylic acids is 2. The van der Waals surface area contributed by atoms with Crippen LogP contribution in [0.2, 0.25) is 0 Å². The fraction of sp³-hybridized carbons (Fsp3) is 0.606. The van der Waals surface area contributed by atoms with Gasteiger partial charge in [0, 0.05) is 70.3 Å². The Morgan fingerprint density at radius 2 is 1.85 bits per heavy atom. The zero-order valence-corrected chi connectivity index (χ0v) is 29.2. The molecule has 3 aromatic rings. The number of esters is 1. The number of aromatic nitrogens is 3. The van der Waals surface area contributed by atoms with Crippen LogP contribution in [0.3, 0.4) is 0 Å². The van der Waals surface area contributed by atoms with Gasteiger partial charge in [0.2, 0.25) is 5.91 Å². The number of halogens is 2. The van der Waals surface area contributed by atoms with Crippen LogP contribution in [0.5, 0.6) is 0 Å². The standard InChI is InChI=1S/C33H42BrFN8O3/c1-33(2,3)46-32(45)22-14-19-15-42(22)31(19)43-23(10-11-24(44)40(6)7)37-28-29(43)21-13-18(9-8-12-36)25(34)26(35)27(21)38-30(28)41-16-20(17-41)39(4)5/h13,19-20,22,31H,8-11,14-17H2,1-7H3. The average Bonchev–Trinajstić information content (AvgIpc) is 3.64. The maximum absolute atomic E-state index is 16.3. The van der Waals surface area contributed by atoms with E-state index in [-0.39, 0.29) is 42.3 Å². The van der Waals surface area contributed by atoms with E-state index in [2.05, 4.69) is 41.3 Å². The van der Waals surface area contributed by atoms with Crippen molar-refractivity contribution in [3.63, 3.8) is 0 Å². The SMILES string of the molecule is CN(C)C(=O)CCc1nc2c(N3CC(N(C)C)C3)nc3c(F)c(Br)c(CCC#N)cc3c2n1C1C2CC(C(=O)OC(C)(C)C)N1C2. The number of fused-ring (bicyclic) bond motifs is 4. The van der Waals surface area contributed by atoms with Gasteiger partial charge >= 0.3 is 5.97 Å². The number of aryl methyl sites for hydroxylation is 2. The molecular weight excluding hydrogens is 655 g/mol. The topological polar surface area (TPSA) is 111 Å². The molecule has 2 aromatic heterocycles. The molecule has 2 bridgehead atoms. The molecule has 0 N–H and O–H groups in total. The van der Waals surface area contributed by atoms with Gasteiger partial charge in [-0.1, -0.05) is 0 Å². The lowest BCUT2D eigenvalue weighted by atomic mass is 9.98. The van der Waals surface area contributed by atoms with Gasteiger partial charge in [0.25, 0.3) is 0 Å². The van der Waals surface area contributed by atoms with Gasteiger partial charge in [0.1, 0.15) is 28.5 Å². The quantitative estimate of drug-likeness (QED) is 0.303. The van der Waals surface area contributed by atoms with Crippen LogP contribution in [0.1, 0.15) is 57.6 Å². The summed E-state index contributed by atoms with van der Waals surface area (Å²) in [6.45, 7) is 7.80. The summed E-state index contributed by atoms with van der Waals surface area (Å²) in [5.74, 6) is 0.736. The molecule has 4 saturated heterocycles. The van der Waals surface area contributed by atoms with Gasteiger partial charge in [-0.25, -0.2) is 14.4 Å². The number of benzene rings is 1. The van der Waals surface area contributed by atoms with Crippen molar-refractivity contribution < 1.29 is 18.7 Å². The van der Waals surface area contributed by atoms with E-state index >= 15 is 4.39 Å². The number of hydrogen-bond acceptors (Lipinski definition) is 9. The molecule has 0 spiro atoms. The molecule has 7 rings (SSSR count). The van der Waals surface area contributed by atoms with Crippen LogP contribution in [0.15, 0.2) is 10.5 Å². The molecule has 0 aliphatic carbocycles. The van der Waals surface area contributed by atoms with Crippen molar-refractivity contribution in [2.45, 2.75) is 76.7 Å². The number of nitriles is 1. The van der Waals surface area contributed by atoms with E-state index in [0.717, 1.165) is 25.2 Å². The van der Waals surface area contributed by atoms with Crippen molar-refractivity contribution in [3.05, 3.63) is 27.7 Å². The minimum atomic E-state index is -0.608. The number of amides is 1. The number of ether oxygens (including phenoxy) is 1. The summed E-state index contributed by atoms with van der Waals surface area (Å²) in [4.78, 5) is 44.2. The van der Waals surface area contributed by atoms with E-state index < -0.39 is 17.5 Å². The third-order valence-electron chi connectivity index (χ3n) is 9.46. The largest absolute Gasteiger partial charge is 0.459 e. The summed E-state index contributed by atoms with van der Waals surface area (Å²) in [6.07, 6.45) is 1.69. The van der Waals surface area contributed by atoms with Crippen LogP contribution < -0.4 is 4.90 Å². The van der Waals surface area contributed by atoms with Crippen molar-refractivity contribution in [1.82, 2.24) is 29.2 Å². The molecular formula is C33H42BrFN8O3. The van der Waals surface area contributed by atoms with Crippen LogP contribution in [0, 0.1) is 23.1 Å². The fourth-order valence-corrected chi connectivity index (χ4v) is 7.46. The predicted octanol–water partition coefficient (Wildman–Crippen LogP) is 4.26. The van der Waals surface area contributed by atoms with Crippen molar-refractivity contribution in [1.29, 1.82) is 5.26 Å². The Kier molecular flexibility index (Phi) is 8.53. The first kappa shape index (κ1) is 32.6. The van der Waals surface area contributed by atoms with Crippen molar-refractivity contribution >= 4 is 55.6 Å². The highest BCUT2D eigenvalue weighted by Gasteiger charge is 2.56. The second-order valence-corrected chi connectivity index (χ2v) is 15.0. The van der Waals surface area contributed by atoms with Crippen LogP contribution in [-0.4, -0.2) is 107 Å². The highest BCUT2D eigenvalue weighted by Crippen LogP contribution is 2.51. The summed E-state index contributed by atoms with van der Waals surface area (Å²) < 4.78 is 24.5. The summed E-state index contributed by atoms with van der Waals surface area (Å²) >= 11 is 3.46. The second-order valence-electron chi connectivity index (χ2n) is 14.2. The van der Waals surface area contributed by atoms with Crippen LogP contribution in [-0.2, 0) is 27.2 Å². The van der Waals surface area contributed by atoms with Gasteiger partial charge in [-0.3, -0.25) is 14.5 Å². The average molecular weight is 698 g/mol. The highest BCUT2D eigenvalue weighted by atomic mass is 79.9. The summed E-state index contributed by atoms with van der Waals surface area (Å²) in [6, 6.07) is 4.02. The molecule has 4 aliphatic rings. The number of nitrogens with zero attached hydrogens (tertiary/aromatic N) is 8. The summed E-state index contributed by atoms with van der Waals surface area (Å²) in [5.41, 5.74) is 1.70. The number of carbonyl (C=O) groups is 2. The van der Waals surface area contributed by atoms with Gasteiger partial charge in [-0.05, 0) is 75.3 Å². The lowest BCUT2D eigenvalue weighted by Gasteiger charge is -2.44. The molecule has 1 amide bonds. The first-order valence-electron chi connectivity index (χ1n) is 15.9. The van der Waals surface area contributed by atoms with Gasteiger partial charge < -0.3 is 24.0 Å². The number of likely N-dealkylation sites (N-methyl/N-ethyl adjacent to an activating group) is 1. The molecule has 246 valence electrons. The third kappa shape index (κ3) is 5.62. The molecule has 4 unspecified atom stereocenters. The number of anilines is 1. The van der Waals surface area contributed by atoms with Crippen molar-refractivity contribution in [2.24, 2.45) is 5.92 Å². The van der Waals surface area contributed by atoms with E-state index in [1.807, 2.05) is 40.9 Å². The molecule has 1 aromatic carbocycles. The number of pyridine rings is 1. The van der Waals surface area contributed by atoms with E-state index in [0.29, 0.717) is 57.9 Å². The molecule has 0 radical (unpaired) electrons. The molecule has 4 atom stereocenters. The maximum atomic E-state index is 16.3. The highest BCUT2D eigenvalue weighted by molar-refractivity contribution is 9.10. The Labute approximate surface area is 277 Å². The Balaban J connectivity index is 1.56.